The molecule has 0 aromatic heterocycles. The average molecular weight is 142 g/mol. The minimum Gasteiger partial charge on any atom is -0.313 e. The van der Waals surface area contributed by atoms with E-state index in [-0.39, 0.29) is 0 Å². The van der Waals surface area contributed by atoms with Gasteiger partial charge in [-0.2, -0.15) is 0 Å². The predicted octanol–water partition coefficient (Wildman–Crippen LogP) is 0.688. The molecule has 1 heterocycles. The molecule has 2 nitrogen and oxygen atoms in total. The van der Waals surface area contributed by atoms with Crippen LogP contribution in [0.4, 0.5) is 0 Å². The van der Waals surface area contributed by atoms with Crippen molar-refractivity contribution in [3.63, 3.8) is 0 Å². The maximum atomic E-state index is 3.44. The van der Waals surface area contributed by atoms with Gasteiger partial charge in [0, 0.05) is 18.6 Å². The average Bonchev–Trinajstić information content (AvgIpc) is 1.84. The standard InChI is InChI=1S/C8H18N2/c1-7(2)9-6-8-4-5-10(8)3/h7-9H,4-6H2,1-3H3. The molecule has 1 N–H and O–H groups in total. The molecule has 0 spiro atoms. The van der Waals surface area contributed by atoms with Gasteiger partial charge in [0.15, 0.2) is 0 Å². The van der Waals surface area contributed by atoms with Crippen LogP contribution in [0.1, 0.15) is 20.3 Å². The Morgan fingerprint density at radius 1 is 1.60 bits per heavy atom. The second-order valence-electron chi connectivity index (χ2n) is 3.49. The van der Waals surface area contributed by atoms with E-state index in [0.29, 0.717) is 6.04 Å². The van der Waals surface area contributed by atoms with Gasteiger partial charge in [-0.1, -0.05) is 13.8 Å². The summed E-state index contributed by atoms with van der Waals surface area (Å²) in [6.45, 7) is 6.83. The normalized spacial score (nSPS) is 27.0. The molecule has 2 heteroatoms. The fourth-order valence-electron chi connectivity index (χ4n) is 1.20. The van der Waals surface area contributed by atoms with Crippen molar-refractivity contribution in [2.45, 2.75) is 32.4 Å². The first kappa shape index (κ1) is 8.02. The van der Waals surface area contributed by atoms with Gasteiger partial charge in [-0.05, 0) is 20.0 Å². The van der Waals surface area contributed by atoms with Gasteiger partial charge in [0.05, 0.1) is 0 Å². The Morgan fingerprint density at radius 3 is 2.60 bits per heavy atom. The van der Waals surface area contributed by atoms with Crippen LogP contribution in [0.25, 0.3) is 0 Å². The van der Waals surface area contributed by atoms with Crippen LogP contribution >= 0.6 is 0 Å². The van der Waals surface area contributed by atoms with E-state index in [0.717, 1.165) is 12.6 Å². The number of nitrogens with one attached hydrogen (secondary N) is 1. The number of likely N-dealkylation sites (tertiary alicyclic amines) is 1. The summed E-state index contributed by atoms with van der Waals surface area (Å²) in [6.07, 6.45) is 1.37. The fourth-order valence-corrected chi connectivity index (χ4v) is 1.20. The summed E-state index contributed by atoms with van der Waals surface area (Å²) < 4.78 is 0. The SMILES string of the molecule is CC(C)NCC1CCN1C. The lowest BCUT2D eigenvalue weighted by molar-refractivity contribution is 0.123. The molecule has 10 heavy (non-hydrogen) atoms. The molecule has 0 aromatic rings. The highest BCUT2D eigenvalue weighted by Crippen LogP contribution is 2.12. The van der Waals surface area contributed by atoms with Gasteiger partial charge in [-0.25, -0.2) is 0 Å². The largest absolute Gasteiger partial charge is 0.313 e. The first-order valence-corrected chi connectivity index (χ1v) is 4.14. The number of rotatable bonds is 3. The Kier molecular flexibility index (Phi) is 2.69. The van der Waals surface area contributed by atoms with Crippen molar-refractivity contribution in [2.24, 2.45) is 0 Å². The van der Waals surface area contributed by atoms with Crippen molar-refractivity contribution in [3.05, 3.63) is 0 Å². The molecule has 0 saturated carbocycles. The molecule has 1 unspecified atom stereocenters. The molecule has 1 fully saturated rings. The van der Waals surface area contributed by atoms with Crippen molar-refractivity contribution in [2.75, 3.05) is 20.1 Å². The molecular weight excluding hydrogens is 124 g/mol. The van der Waals surface area contributed by atoms with E-state index in [1.165, 1.54) is 13.0 Å². The van der Waals surface area contributed by atoms with Crippen LogP contribution in [0.15, 0.2) is 0 Å². The zero-order chi connectivity index (χ0) is 7.56. The molecular formula is C8H18N2. The van der Waals surface area contributed by atoms with Crippen LogP contribution in [0.5, 0.6) is 0 Å². The van der Waals surface area contributed by atoms with Crippen molar-refractivity contribution >= 4 is 0 Å². The third kappa shape index (κ3) is 1.96. The van der Waals surface area contributed by atoms with Gasteiger partial charge in [0.2, 0.25) is 0 Å². The molecule has 1 aliphatic rings. The summed E-state index contributed by atoms with van der Waals surface area (Å²) in [5.74, 6) is 0. The molecule has 0 radical (unpaired) electrons. The van der Waals surface area contributed by atoms with Crippen molar-refractivity contribution in [1.82, 2.24) is 10.2 Å². The first-order chi connectivity index (χ1) is 4.70. The topological polar surface area (TPSA) is 15.3 Å². The predicted molar refractivity (Wildman–Crippen MR) is 44.2 cm³/mol. The molecule has 0 amide bonds. The number of hydrogen-bond donors (Lipinski definition) is 1. The highest BCUT2D eigenvalue weighted by atomic mass is 15.2. The summed E-state index contributed by atoms with van der Waals surface area (Å²) in [6, 6.07) is 1.44. The Bertz CT molecular complexity index is 101. The fraction of sp³-hybridized carbons (Fsp3) is 1.00. The minimum atomic E-state index is 0.633. The summed E-state index contributed by atoms with van der Waals surface area (Å²) in [4.78, 5) is 2.40. The molecule has 0 bridgehead atoms. The Labute approximate surface area is 63.6 Å². The van der Waals surface area contributed by atoms with Crippen LogP contribution in [-0.2, 0) is 0 Å². The lowest BCUT2D eigenvalue weighted by Crippen LogP contribution is -2.51. The molecule has 0 aromatic carbocycles. The minimum absolute atomic E-state index is 0.633. The number of likely N-dealkylation sites (N-methyl/N-ethyl adjacent to an activating group) is 1. The van der Waals surface area contributed by atoms with Crippen LogP contribution in [0.3, 0.4) is 0 Å². The molecule has 1 aliphatic heterocycles. The van der Waals surface area contributed by atoms with E-state index >= 15 is 0 Å². The van der Waals surface area contributed by atoms with Crippen LogP contribution in [0.2, 0.25) is 0 Å². The second-order valence-corrected chi connectivity index (χ2v) is 3.49. The van der Waals surface area contributed by atoms with Gasteiger partial charge in [0.25, 0.3) is 0 Å². The third-order valence-corrected chi connectivity index (χ3v) is 2.20. The van der Waals surface area contributed by atoms with Gasteiger partial charge in [-0.3, -0.25) is 0 Å². The van der Waals surface area contributed by atoms with E-state index in [1.54, 1.807) is 0 Å². The van der Waals surface area contributed by atoms with Crippen molar-refractivity contribution in [1.29, 1.82) is 0 Å². The van der Waals surface area contributed by atoms with Gasteiger partial charge in [0.1, 0.15) is 0 Å². The molecule has 1 atom stereocenters. The Balaban J connectivity index is 2.03. The lowest BCUT2D eigenvalue weighted by atomic mass is 10.0. The zero-order valence-electron chi connectivity index (χ0n) is 7.22. The van der Waals surface area contributed by atoms with Crippen LogP contribution < -0.4 is 5.32 Å². The van der Waals surface area contributed by atoms with E-state index in [2.05, 4.69) is 31.1 Å². The monoisotopic (exact) mass is 142 g/mol. The summed E-state index contributed by atoms with van der Waals surface area (Å²) in [7, 11) is 2.19. The third-order valence-electron chi connectivity index (χ3n) is 2.20. The van der Waals surface area contributed by atoms with Crippen LogP contribution in [-0.4, -0.2) is 37.1 Å². The van der Waals surface area contributed by atoms with Gasteiger partial charge < -0.3 is 10.2 Å². The second kappa shape index (κ2) is 3.35. The van der Waals surface area contributed by atoms with Gasteiger partial charge >= 0.3 is 0 Å². The van der Waals surface area contributed by atoms with Crippen molar-refractivity contribution < 1.29 is 0 Å². The molecule has 60 valence electrons. The first-order valence-electron chi connectivity index (χ1n) is 4.14. The van der Waals surface area contributed by atoms with E-state index in [9.17, 15) is 0 Å². The van der Waals surface area contributed by atoms with Gasteiger partial charge in [-0.15, -0.1) is 0 Å². The lowest BCUT2D eigenvalue weighted by Gasteiger charge is -2.38. The highest BCUT2D eigenvalue weighted by Gasteiger charge is 2.23. The number of nitrogens with zero attached hydrogens (tertiary/aromatic N) is 1. The number of hydrogen-bond acceptors (Lipinski definition) is 2. The maximum absolute atomic E-state index is 3.44. The van der Waals surface area contributed by atoms with Crippen LogP contribution in [0, 0.1) is 0 Å². The summed E-state index contributed by atoms with van der Waals surface area (Å²) >= 11 is 0. The molecule has 0 aliphatic carbocycles. The molecule has 1 saturated heterocycles. The van der Waals surface area contributed by atoms with E-state index in [4.69, 9.17) is 0 Å². The van der Waals surface area contributed by atoms with E-state index in [1.807, 2.05) is 0 Å². The molecule has 1 rings (SSSR count). The quantitative estimate of drug-likeness (QED) is 0.623. The van der Waals surface area contributed by atoms with E-state index < -0.39 is 0 Å². The van der Waals surface area contributed by atoms with Crippen molar-refractivity contribution in [3.8, 4) is 0 Å². The Morgan fingerprint density at radius 2 is 2.30 bits per heavy atom. The zero-order valence-corrected chi connectivity index (χ0v) is 7.22. The Hall–Kier alpha value is -0.0800. The highest BCUT2D eigenvalue weighted by molar-refractivity contribution is 4.81. The maximum Gasteiger partial charge on any atom is 0.0229 e. The smallest absolute Gasteiger partial charge is 0.0229 e. The summed E-state index contributed by atoms with van der Waals surface area (Å²) in [5.41, 5.74) is 0. The summed E-state index contributed by atoms with van der Waals surface area (Å²) in [5, 5.41) is 3.44.